The molecule has 0 atom stereocenters. The highest BCUT2D eigenvalue weighted by molar-refractivity contribution is 6.35. The number of rotatable bonds is 3. The van der Waals surface area contributed by atoms with Crippen LogP contribution in [0, 0.1) is 0 Å². The second-order valence-corrected chi connectivity index (χ2v) is 4.70. The number of benzene rings is 1. The maximum atomic E-state index is 12.7. The van der Waals surface area contributed by atoms with E-state index in [2.05, 4.69) is 15.3 Å². The summed E-state index contributed by atoms with van der Waals surface area (Å²) in [7, 11) is 0. The van der Waals surface area contributed by atoms with E-state index in [1.165, 1.54) is 12.1 Å². The van der Waals surface area contributed by atoms with Crippen molar-refractivity contribution >= 4 is 40.7 Å². The topological polar surface area (TPSA) is 75.9 Å². The molecule has 112 valence electrons. The van der Waals surface area contributed by atoms with Crippen molar-refractivity contribution in [2.24, 2.45) is 5.84 Å². The van der Waals surface area contributed by atoms with Crippen molar-refractivity contribution in [1.82, 2.24) is 9.97 Å². The van der Waals surface area contributed by atoms with E-state index in [1.54, 1.807) is 6.07 Å². The summed E-state index contributed by atoms with van der Waals surface area (Å²) in [5, 5.41) is 3.27. The van der Waals surface area contributed by atoms with E-state index in [0.717, 1.165) is 6.07 Å². The van der Waals surface area contributed by atoms with E-state index in [4.69, 9.17) is 29.0 Å². The number of nitrogens with one attached hydrogen (secondary N) is 2. The van der Waals surface area contributed by atoms with Crippen molar-refractivity contribution in [3.63, 3.8) is 0 Å². The van der Waals surface area contributed by atoms with E-state index in [0.29, 0.717) is 10.7 Å². The minimum absolute atomic E-state index is 0.130. The third-order valence-electron chi connectivity index (χ3n) is 2.34. The molecular weight excluding hydrogens is 330 g/mol. The normalized spacial score (nSPS) is 11.3. The van der Waals surface area contributed by atoms with Crippen LogP contribution in [0.1, 0.15) is 5.69 Å². The van der Waals surface area contributed by atoms with Gasteiger partial charge < -0.3 is 5.32 Å². The maximum Gasteiger partial charge on any atom is 0.433 e. The zero-order chi connectivity index (χ0) is 15.6. The molecule has 0 radical (unpaired) electrons. The first-order valence-electron chi connectivity index (χ1n) is 5.44. The molecule has 0 fully saturated rings. The van der Waals surface area contributed by atoms with Crippen molar-refractivity contribution in [2.45, 2.75) is 6.18 Å². The van der Waals surface area contributed by atoms with Gasteiger partial charge in [-0.3, -0.25) is 5.43 Å². The number of anilines is 3. The van der Waals surface area contributed by atoms with E-state index >= 15 is 0 Å². The Morgan fingerprint density at radius 2 is 1.81 bits per heavy atom. The van der Waals surface area contributed by atoms with Gasteiger partial charge in [0.15, 0.2) is 5.69 Å². The number of alkyl halides is 3. The molecule has 1 heterocycles. The highest BCUT2D eigenvalue weighted by atomic mass is 35.5. The van der Waals surface area contributed by atoms with Crippen LogP contribution >= 0.6 is 23.2 Å². The van der Waals surface area contributed by atoms with Crippen molar-refractivity contribution in [3.8, 4) is 0 Å². The molecule has 10 heteroatoms. The average Bonchev–Trinajstić information content (AvgIpc) is 2.41. The molecule has 0 aliphatic carbocycles. The molecule has 2 aromatic rings. The van der Waals surface area contributed by atoms with Crippen molar-refractivity contribution in [2.75, 3.05) is 10.7 Å². The first kappa shape index (κ1) is 15.6. The predicted molar refractivity (Wildman–Crippen MR) is 74.6 cm³/mol. The number of nitrogens with zero attached hydrogens (tertiary/aromatic N) is 2. The minimum atomic E-state index is -4.64. The third kappa shape index (κ3) is 3.87. The van der Waals surface area contributed by atoms with E-state index in [-0.39, 0.29) is 16.8 Å². The number of hydrazine groups is 1. The van der Waals surface area contributed by atoms with Crippen molar-refractivity contribution < 1.29 is 13.2 Å². The number of hydrogen-bond donors (Lipinski definition) is 3. The summed E-state index contributed by atoms with van der Waals surface area (Å²) >= 11 is 11.7. The Hall–Kier alpha value is -1.77. The molecular formula is C11H8Cl2F3N5. The van der Waals surface area contributed by atoms with Gasteiger partial charge in [0.05, 0.1) is 10.7 Å². The SMILES string of the molecule is NNc1nc(Nc2cc(Cl)ccc2Cl)cc(C(F)(F)F)n1. The van der Waals surface area contributed by atoms with Crippen molar-refractivity contribution in [3.05, 3.63) is 40.0 Å². The van der Waals surface area contributed by atoms with Gasteiger partial charge in [-0.25, -0.2) is 10.8 Å². The molecule has 0 aliphatic heterocycles. The summed E-state index contributed by atoms with van der Waals surface area (Å²) in [5.41, 5.74) is 1.13. The highest BCUT2D eigenvalue weighted by Crippen LogP contribution is 2.32. The van der Waals surface area contributed by atoms with Gasteiger partial charge in [0, 0.05) is 11.1 Å². The fourth-order valence-corrected chi connectivity index (χ4v) is 1.79. The molecule has 0 aliphatic rings. The molecule has 0 unspecified atom stereocenters. The molecule has 5 nitrogen and oxygen atoms in total. The smallest absolute Gasteiger partial charge is 0.339 e. The molecule has 21 heavy (non-hydrogen) atoms. The predicted octanol–water partition coefficient (Wildman–Crippen LogP) is 3.83. The van der Waals surface area contributed by atoms with Crippen LogP contribution in [-0.2, 0) is 6.18 Å². The number of nitrogen functional groups attached to an aromatic ring is 1. The first-order chi connectivity index (χ1) is 9.79. The Morgan fingerprint density at radius 1 is 1.10 bits per heavy atom. The number of hydrogen-bond acceptors (Lipinski definition) is 5. The second kappa shape index (κ2) is 5.92. The zero-order valence-electron chi connectivity index (χ0n) is 10.2. The summed E-state index contributed by atoms with van der Waals surface area (Å²) in [5.74, 6) is 4.55. The summed E-state index contributed by atoms with van der Waals surface area (Å²) in [4.78, 5) is 7.00. The summed E-state index contributed by atoms with van der Waals surface area (Å²) < 4.78 is 38.2. The molecule has 2 rings (SSSR count). The quantitative estimate of drug-likeness (QED) is 0.586. The van der Waals surface area contributed by atoms with Gasteiger partial charge in [0.1, 0.15) is 5.82 Å². The van der Waals surface area contributed by atoms with E-state index in [1.807, 2.05) is 5.43 Å². The lowest BCUT2D eigenvalue weighted by Gasteiger charge is -2.12. The lowest BCUT2D eigenvalue weighted by molar-refractivity contribution is -0.141. The number of aromatic nitrogens is 2. The molecule has 0 saturated heterocycles. The Labute approximate surface area is 127 Å². The Kier molecular flexibility index (Phi) is 4.40. The van der Waals surface area contributed by atoms with Crippen LogP contribution < -0.4 is 16.6 Å². The van der Waals surface area contributed by atoms with Crippen LogP contribution in [0.15, 0.2) is 24.3 Å². The standard InChI is InChI=1S/C11H8Cl2F3N5/c12-5-1-2-6(13)7(3-5)18-9-4-8(11(14,15)16)19-10(20-9)21-17/h1-4H,17H2,(H2,18,19,20,21). The minimum Gasteiger partial charge on any atom is -0.339 e. The van der Waals surface area contributed by atoms with Crippen LogP contribution in [0.3, 0.4) is 0 Å². The van der Waals surface area contributed by atoms with Crippen LogP contribution in [0.5, 0.6) is 0 Å². The zero-order valence-corrected chi connectivity index (χ0v) is 11.7. The fourth-order valence-electron chi connectivity index (χ4n) is 1.45. The van der Waals surface area contributed by atoms with Gasteiger partial charge in [-0.1, -0.05) is 23.2 Å². The van der Waals surface area contributed by atoms with Crippen molar-refractivity contribution in [1.29, 1.82) is 0 Å². The lowest BCUT2D eigenvalue weighted by Crippen LogP contribution is -2.16. The fraction of sp³-hybridized carbons (Fsp3) is 0.0909. The van der Waals surface area contributed by atoms with Gasteiger partial charge in [-0.15, -0.1) is 0 Å². The van der Waals surface area contributed by atoms with Gasteiger partial charge in [0.25, 0.3) is 0 Å². The van der Waals surface area contributed by atoms with Crippen LogP contribution in [0.2, 0.25) is 10.0 Å². The largest absolute Gasteiger partial charge is 0.433 e. The molecule has 0 bridgehead atoms. The molecule has 4 N–H and O–H groups in total. The first-order valence-corrected chi connectivity index (χ1v) is 6.20. The Morgan fingerprint density at radius 3 is 2.43 bits per heavy atom. The molecule has 1 aromatic carbocycles. The van der Waals surface area contributed by atoms with Gasteiger partial charge in [-0.05, 0) is 18.2 Å². The monoisotopic (exact) mass is 337 g/mol. The van der Waals surface area contributed by atoms with Crippen LogP contribution in [0.25, 0.3) is 0 Å². The Bertz CT molecular complexity index is 663. The molecule has 0 saturated carbocycles. The van der Waals surface area contributed by atoms with E-state index < -0.39 is 11.9 Å². The summed E-state index contributed by atoms with van der Waals surface area (Å²) in [6.07, 6.45) is -4.64. The molecule has 0 spiro atoms. The van der Waals surface area contributed by atoms with Crippen LogP contribution in [0.4, 0.5) is 30.6 Å². The average molecular weight is 338 g/mol. The highest BCUT2D eigenvalue weighted by Gasteiger charge is 2.33. The maximum absolute atomic E-state index is 12.7. The third-order valence-corrected chi connectivity index (χ3v) is 2.90. The Balaban J connectivity index is 2.42. The lowest BCUT2D eigenvalue weighted by atomic mass is 10.3. The van der Waals surface area contributed by atoms with Crippen LogP contribution in [-0.4, -0.2) is 9.97 Å². The summed E-state index contributed by atoms with van der Waals surface area (Å²) in [6.45, 7) is 0. The van der Waals surface area contributed by atoms with Gasteiger partial charge >= 0.3 is 6.18 Å². The second-order valence-electron chi connectivity index (χ2n) is 3.85. The molecule has 0 amide bonds. The van der Waals surface area contributed by atoms with Gasteiger partial charge in [-0.2, -0.15) is 18.2 Å². The number of nitrogens with two attached hydrogens (primary N) is 1. The van der Waals surface area contributed by atoms with E-state index in [9.17, 15) is 13.2 Å². The molecule has 1 aromatic heterocycles. The van der Waals surface area contributed by atoms with Gasteiger partial charge in [0.2, 0.25) is 5.95 Å². The summed E-state index contributed by atoms with van der Waals surface area (Å²) in [6, 6.07) is 5.23. The number of halogens is 5.